The van der Waals surface area contributed by atoms with E-state index in [9.17, 15) is 9.59 Å². The number of halogens is 3. The summed E-state index contributed by atoms with van der Waals surface area (Å²) in [5.41, 5.74) is -0.170. The van der Waals surface area contributed by atoms with Crippen molar-refractivity contribution in [3.63, 3.8) is 0 Å². The van der Waals surface area contributed by atoms with Crippen LogP contribution >= 0.6 is 34.8 Å². The van der Waals surface area contributed by atoms with Crippen LogP contribution in [0.5, 0.6) is 0 Å². The average molecular weight is 366 g/mol. The van der Waals surface area contributed by atoms with Crippen LogP contribution in [0, 0.1) is 0 Å². The molecule has 5 nitrogen and oxygen atoms in total. The first kappa shape index (κ1) is 17.3. The van der Waals surface area contributed by atoms with Gasteiger partial charge in [0.2, 0.25) is 0 Å². The van der Waals surface area contributed by atoms with E-state index in [-0.39, 0.29) is 32.7 Å². The van der Waals surface area contributed by atoms with Crippen molar-refractivity contribution in [2.24, 2.45) is 0 Å². The van der Waals surface area contributed by atoms with E-state index in [1.54, 1.807) is 0 Å². The van der Waals surface area contributed by atoms with E-state index >= 15 is 0 Å². The van der Waals surface area contributed by atoms with Crippen LogP contribution in [0.1, 0.15) is 43.1 Å². The maximum Gasteiger partial charge on any atom is 0.359 e. The summed E-state index contributed by atoms with van der Waals surface area (Å²) in [5, 5.41) is 2.92. The number of ether oxygens (including phenoxy) is 1. The fraction of sp³-hybridized carbons (Fsp3) is 0.500. The van der Waals surface area contributed by atoms with E-state index in [1.165, 1.54) is 13.1 Å². The minimum atomic E-state index is -0.944. The number of aromatic nitrogens is 1. The third kappa shape index (κ3) is 4.03. The average Bonchev–Trinajstić information content (AvgIpc) is 2.97. The highest BCUT2D eigenvalue weighted by Gasteiger charge is 2.25. The third-order valence-corrected chi connectivity index (χ3v) is 4.71. The molecule has 120 valence electrons. The Morgan fingerprint density at radius 2 is 1.91 bits per heavy atom. The second kappa shape index (κ2) is 7.49. The molecule has 1 saturated carbocycles. The van der Waals surface area contributed by atoms with Gasteiger partial charge in [-0.3, -0.25) is 4.79 Å². The lowest BCUT2D eigenvalue weighted by Crippen LogP contribution is -2.41. The number of nitrogens with zero attached hydrogens (tertiary/aromatic N) is 1. The van der Waals surface area contributed by atoms with Crippen LogP contribution in [0.2, 0.25) is 15.1 Å². The lowest BCUT2D eigenvalue weighted by Gasteiger charge is -2.17. The molecule has 0 spiro atoms. The van der Waals surface area contributed by atoms with E-state index in [2.05, 4.69) is 10.3 Å². The molecule has 0 radical (unpaired) electrons. The van der Waals surface area contributed by atoms with E-state index in [0.29, 0.717) is 0 Å². The van der Waals surface area contributed by atoms with Crippen LogP contribution in [-0.2, 0) is 9.53 Å². The molecule has 1 aromatic heterocycles. The fourth-order valence-corrected chi connectivity index (χ4v) is 2.80. The van der Waals surface area contributed by atoms with Gasteiger partial charge in [0, 0.05) is 12.2 Å². The number of pyridine rings is 1. The monoisotopic (exact) mass is 364 g/mol. The molecule has 1 fully saturated rings. The van der Waals surface area contributed by atoms with Crippen LogP contribution < -0.4 is 5.32 Å². The van der Waals surface area contributed by atoms with Gasteiger partial charge in [0.05, 0.1) is 15.1 Å². The molecule has 1 N–H and O–H groups in total. The Kier molecular flexibility index (Phi) is 5.89. The van der Waals surface area contributed by atoms with Crippen LogP contribution in [0.3, 0.4) is 0 Å². The number of carbonyl (C=O) groups excluding carboxylic acids is 2. The highest BCUT2D eigenvalue weighted by molar-refractivity contribution is 6.48. The van der Waals surface area contributed by atoms with Crippen molar-refractivity contribution in [3.8, 4) is 0 Å². The molecule has 1 aliphatic carbocycles. The quantitative estimate of drug-likeness (QED) is 0.827. The van der Waals surface area contributed by atoms with Crippen molar-refractivity contribution < 1.29 is 14.3 Å². The van der Waals surface area contributed by atoms with Gasteiger partial charge in [0.1, 0.15) is 0 Å². The van der Waals surface area contributed by atoms with Gasteiger partial charge in [0.25, 0.3) is 5.91 Å². The normalized spacial score (nSPS) is 16.4. The Hall–Kier alpha value is -1.04. The molecule has 8 heteroatoms. The smallest absolute Gasteiger partial charge is 0.359 e. The van der Waals surface area contributed by atoms with Gasteiger partial charge < -0.3 is 10.1 Å². The van der Waals surface area contributed by atoms with Crippen molar-refractivity contribution >= 4 is 46.7 Å². The minimum absolute atomic E-state index is 0.0216. The number of esters is 1. The van der Waals surface area contributed by atoms with Crippen molar-refractivity contribution in [2.45, 2.75) is 44.8 Å². The molecular weight excluding hydrogens is 351 g/mol. The first-order valence-electron chi connectivity index (χ1n) is 6.91. The number of hydrogen-bond acceptors (Lipinski definition) is 4. The fourth-order valence-electron chi connectivity index (χ4n) is 2.24. The zero-order valence-corrected chi connectivity index (χ0v) is 14.1. The second-order valence-electron chi connectivity index (χ2n) is 5.12. The van der Waals surface area contributed by atoms with Crippen molar-refractivity contribution in [3.05, 3.63) is 27.0 Å². The summed E-state index contributed by atoms with van der Waals surface area (Å²) in [4.78, 5) is 27.8. The summed E-state index contributed by atoms with van der Waals surface area (Å²) in [7, 11) is 0. The summed E-state index contributed by atoms with van der Waals surface area (Å²) in [5.74, 6) is -1.16. The zero-order valence-electron chi connectivity index (χ0n) is 11.9. The third-order valence-electron chi connectivity index (χ3n) is 3.47. The largest absolute Gasteiger partial charge is 0.448 e. The number of carbonyl (C=O) groups is 2. The molecule has 0 bridgehead atoms. The molecule has 2 rings (SSSR count). The highest BCUT2D eigenvalue weighted by Crippen LogP contribution is 2.31. The Morgan fingerprint density at radius 3 is 2.55 bits per heavy atom. The van der Waals surface area contributed by atoms with E-state index in [1.807, 2.05) is 0 Å². The molecule has 1 aromatic rings. The Bertz CT molecular complexity index is 589. The lowest BCUT2D eigenvalue weighted by atomic mass is 10.2. The summed E-state index contributed by atoms with van der Waals surface area (Å²) in [6.07, 6.45) is 4.36. The topological polar surface area (TPSA) is 68.3 Å². The maximum absolute atomic E-state index is 12.0. The number of amides is 1. The van der Waals surface area contributed by atoms with Gasteiger partial charge in [-0.05, 0) is 19.8 Å². The molecule has 1 aliphatic rings. The summed E-state index contributed by atoms with van der Waals surface area (Å²) in [6.45, 7) is 1.49. The van der Waals surface area contributed by atoms with Crippen LogP contribution in [0.25, 0.3) is 0 Å². The summed E-state index contributed by atoms with van der Waals surface area (Å²) >= 11 is 17.5. The predicted octanol–water partition coefficient (Wildman–Crippen LogP) is 3.65. The highest BCUT2D eigenvalue weighted by atomic mass is 35.5. The lowest BCUT2D eigenvalue weighted by molar-refractivity contribution is -0.129. The van der Waals surface area contributed by atoms with Gasteiger partial charge >= 0.3 is 5.97 Å². The number of hydrogen-bond donors (Lipinski definition) is 1. The van der Waals surface area contributed by atoms with E-state index in [4.69, 9.17) is 39.5 Å². The molecule has 0 saturated heterocycles. The standard InChI is InChI=1S/C14H15Cl3N2O3/c1-7(13(20)19-8-4-2-3-5-8)22-14(21)12-11(17)10(16)9(15)6-18-12/h6-8H,2-5H2,1H3,(H,19,20)/t7-/m0/s1. The van der Waals surface area contributed by atoms with Crippen molar-refractivity contribution in [2.75, 3.05) is 0 Å². The predicted molar refractivity (Wildman–Crippen MR) is 84.5 cm³/mol. The Labute approximate surface area is 143 Å². The molecule has 0 aromatic carbocycles. The van der Waals surface area contributed by atoms with Crippen molar-refractivity contribution in [1.82, 2.24) is 10.3 Å². The summed E-state index contributed by atoms with van der Waals surface area (Å²) < 4.78 is 5.08. The minimum Gasteiger partial charge on any atom is -0.448 e. The van der Waals surface area contributed by atoms with Crippen LogP contribution in [0.4, 0.5) is 0 Å². The summed E-state index contributed by atoms with van der Waals surface area (Å²) in [6, 6.07) is 0.153. The molecule has 1 heterocycles. The van der Waals surface area contributed by atoms with Gasteiger partial charge in [-0.1, -0.05) is 47.6 Å². The van der Waals surface area contributed by atoms with Crippen LogP contribution in [-0.4, -0.2) is 29.0 Å². The second-order valence-corrected chi connectivity index (χ2v) is 6.28. The SMILES string of the molecule is C[C@H](OC(=O)c1ncc(Cl)c(Cl)c1Cl)C(=O)NC1CCCC1. The first-order valence-corrected chi connectivity index (χ1v) is 8.04. The van der Waals surface area contributed by atoms with E-state index < -0.39 is 12.1 Å². The van der Waals surface area contributed by atoms with Crippen LogP contribution in [0.15, 0.2) is 6.20 Å². The maximum atomic E-state index is 12.0. The molecular formula is C14H15Cl3N2O3. The molecule has 1 amide bonds. The number of nitrogens with one attached hydrogen (secondary N) is 1. The first-order chi connectivity index (χ1) is 10.4. The Balaban J connectivity index is 1.98. The van der Waals surface area contributed by atoms with Gasteiger partial charge in [-0.2, -0.15) is 0 Å². The van der Waals surface area contributed by atoms with Gasteiger partial charge in [-0.15, -0.1) is 0 Å². The molecule has 22 heavy (non-hydrogen) atoms. The zero-order chi connectivity index (χ0) is 16.3. The molecule has 0 aliphatic heterocycles. The van der Waals surface area contributed by atoms with E-state index in [0.717, 1.165) is 25.7 Å². The molecule has 1 atom stereocenters. The Morgan fingerprint density at radius 1 is 1.27 bits per heavy atom. The number of rotatable bonds is 4. The van der Waals surface area contributed by atoms with Crippen molar-refractivity contribution in [1.29, 1.82) is 0 Å². The van der Waals surface area contributed by atoms with Gasteiger partial charge in [0.15, 0.2) is 11.8 Å². The molecule has 0 unspecified atom stereocenters. The van der Waals surface area contributed by atoms with Gasteiger partial charge in [-0.25, -0.2) is 9.78 Å².